The topological polar surface area (TPSA) is 58.6 Å². The monoisotopic (exact) mass is 440 g/mol. The lowest BCUT2D eigenvalue weighted by molar-refractivity contribution is 0.0954. The van der Waals surface area contributed by atoms with Crippen molar-refractivity contribution in [1.29, 1.82) is 0 Å². The molecule has 154 valence electrons. The van der Waals surface area contributed by atoms with Gasteiger partial charge in [-0.1, -0.05) is 23.7 Å². The molecule has 0 atom stereocenters. The molecular weight excluding hydrogens is 420 g/mol. The summed E-state index contributed by atoms with van der Waals surface area (Å²) in [4.78, 5) is 28.5. The summed E-state index contributed by atoms with van der Waals surface area (Å²) in [6, 6.07) is 14.7. The summed E-state index contributed by atoms with van der Waals surface area (Å²) in [6.07, 6.45) is 0.695. The molecule has 1 aliphatic heterocycles. The van der Waals surface area contributed by atoms with E-state index in [1.807, 2.05) is 37.3 Å². The average Bonchev–Trinajstić information content (AvgIpc) is 3.09. The molecule has 1 aromatic heterocycles. The van der Waals surface area contributed by atoms with Gasteiger partial charge in [0.15, 0.2) is 0 Å². The molecule has 2 amide bonds. The van der Waals surface area contributed by atoms with Crippen LogP contribution >= 0.6 is 22.9 Å². The van der Waals surface area contributed by atoms with E-state index in [0.29, 0.717) is 46.5 Å². The summed E-state index contributed by atoms with van der Waals surface area (Å²) in [5, 5.41) is 3.33. The van der Waals surface area contributed by atoms with Gasteiger partial charge in [-0.05, 0) is 48.9 Å². The molecule has 1 N–H and O–H groups in total. The molecule has 0 spiro atoms. The van der Waals surface area contributed by atoms with Gasteiger partial charge < -0.3 is 15.0 Å². The maximum Gasteiger partial charge on any atom is 0.268 e. The highest BCUT2D eigenvalue weighted by molar-refractivity contribution is 7.17. The van der Waals surface area contributed by atoms with E-state index in [0.717, 1.165) is 16.0 Å². The number of hydrogen-bond acceptors (Lipinski definition) is 4. The van der Waals surface area contributed by atoms with Gasteiger partial charge in [0.2, 0.25) is 0 Å². The van der Waals surface area contributed by atoms with Crippen LogP contribution in [-0.2, 0) is 6.42 Å². The van der Waals surface area contributed by atoms with E-state index in [9.17, 15) is 9.59 Å². The van der Waals surface area contributed by atoms with Crippen LogP contribution < -0.4 is 15.0 Å². The zero-order valence-corrected chi connectivity index (χ0v) is 18.3. The second kappa shape index (κ2) is 8.50. The number of benzene rings is 2. The Hall–Kier alpha value is -2.83. The molecule has 0 bridgehead atoms. The zero-order chi connectivity index (χ0) is 21.3. The van der Waals surface area contributed by atoms with Gasteiger partial charge in [0.25, 0.3) is 11.8 Å². The van der Waals surface area contributed by atoms with Gasteiger partial charge in [0.05, 0.1) is 22.2 Å². The van der Waals surface area contributed by atoms with Crippen molar-refractivity contribution >= 4 is 40.4 Å². The Morgan fingerprint density at radius 3 is 2.77 bits per heavy atom. The van der Waals surface area contributed by atoms with E-state index in [4.69, 9.17) is 16.3 Å². The van der Waals surface area contributed by atoms with Gasteiger partial charge >= 0.3 is 0 Å². The van der Waals surface area contributed by atoms with Crippen LogP contribution in [-0.4, -0.2) is 32.0 Å². The number of halogens is 1. The fourth-order valence-corrected chi connectivity index (χ4v) is 4.93. The van der Waals surface area contributed by atoms with E-state index < -0.39 is 0 Å². The van der Waals surface area contributed by atoms with Crippen LogP contribution in [0, 0.1) is 0 Å². The standard InChI is InChI=1S/C23H21ClN2O3S/c1-3-25-22(27)15-8-9-16-19(12-15)29-11-10-14-13-20(30-21(14)16)23(28)26(2)18-7-5-4-6-17(18)24/h4-9,12-13H,3,10-11H2,1-2H3,(H,25,27). The third-order valence-electron chi connectivity index (χ3n) is 4.99. The van der Waals surface area contributed by atoms with Crippen molar-refractivity contribution in [2.24, 2.45) is 0 Å². The predicted octanol–water partition coefficient (Wildman–Crippen LogP) is 5.03. The van der Waals surface area contributed by atoms with Crippen LogP contribution in [0.4, 0.5) is 5.69 Å². The minimum atomic E-state index is -0.128. The normalized spacial score (nSPS) is 12.2. The molecule has 7 heteroatoms. The Morgan fingerprint density at radius 2 is 2.00 bits per heavy atom. The number of fused-ring (bicyclic) bond motifs is 3. The number of nitrogens with one attached hydrogen (secondary N) is 1. The van der Waals surface area contributed by atoms with Crippen LogP contribution in [0.2, 0.25) is 5.02 Å². The fraction of sp³-hybridized carbons (Fsp3) is 0.217. The Morgan fingerprint density at radius 1 is 1.20 bits per heavy atom. The molecule has 1 aliphatic rings. The van der Waals surface area contributed by atoms with E-state index in [-0.39, 0.29) is 11.8 Å². The van der Waals surface area contributed by atoms with Crippen molar-refractivity contribution in [3.63, 3.8) is 0 Å². The average molecular weight is 441 g/mol. The van der Waals surface area contributed by atoms with Gasteiger partial charge in [-0.25, -0.2) is 0 Å². The summed E-state index contributed by atoms with van der Waals surface area (Å²) in [6.45, 7) is 2.94. The van der Waals surface area contributed by atoms with Crippen LogP contribution in [0.15, 0.2) is 48.5 Å². The minimum absolute atomic E-state index is 0.109. The summed E-state index contributed by atoms with van der Waals surface area (Å²) < 4.78 is 5.90. The number of carbonyl (C=O) groups excluding carboxylic acids is 2. The van der Waals surface area contributed by atoms with Gasteiger partial charge in [-0.3, -0.25) is 9.59 Å². The Labute approximate surface area is 184 Å². The molecule has 0 saturated heterocycles. The van der Waals surface area contributed by atoms with Crippen molar-refractivity contribution in [1.82, 2.24) is 5.32 Å². The van der Waals surface area contributed by atoms with Crippen LogP contribution in [0.25, 0.3) is 10.4 Å². The molecule has 2 heterocycles. The quantitative estimate of drug-likeness (QED) is 0.619. The largest absolute Gasteiger partial charge is 0.493 e. The fourth-order valence-electron chi connectivity index (χ4n) is 3.45. The Balaban J connectivity index is 1.68. The lowest BCUT2D eigenvalue weighted by atomic mass is 10.0. The summed E-state index contributed by atoms with van der Waals surface area (Å²) in [7, 11) is 1.73. The molecular formula is C23H21ClN2O3S. The Kier molecular flexibility index (Phi) is 5.79. The number of ether oxygens (including phenoxy) is 1. The van der Waals surface area contributed by atoms with Crippen molar-refractivity contribution in [3.05, 3.63) is 69.6 Å². The molecule has 3 aromatic rings. The van der Waals surface area contributed by atoms with Crippen molar-refractivity contribution in [3.8, 4) is 16.2 Å². The van der Waals surface area contributed by atoms with E-state index in [1.54, 1.807) is 30.1 Å². The first-order valence-electron chi connectivity index (χ1n) is 9.70. The molecule has 0 saturated carbocycles. The highest BCUT2D eigenvalue weighted by atomic mass is 35.5. The van der Waals surface area contributed by atoms with E-state index >= 15 is 0 Å². The first-order valence-corrected chi connectivity index (χ1v) is 10.9. The lowest BCUT2D eigenvalue weighted by Crippen LogP contribution is -2.25. The van der Waals surface area contributed by atoms with E-state index in [1.165, 1.54) is 11.3 Å². The number of para-hydroxylation sites is 1. The molecule has 0 radical (unpaired) electrons. The van der Waals surface area contributed by atoms with Crippen LogP contribution in [0.5, 0.6) is 5.75 Å². The highest BCUT2D eigenvalue weighted by Gasteiger charge is 2.24. The Bertz CT molecular complexity index is 1130. The first kappa shape index (κ1) is 20.4. The third-order valence-corrected chi connectivity index (χ3v) is 6.51. The number of anilines is 1. The second-order valence-corrected chi connectivity index (χ2v) is 8.41. The first-order chi connectivity index (χ1) is 14.5. The van der Waals surface area contributed by atoms with Gasteiger partial charge in [0.1, 0.15) is 5.75 Å². The molecule has 4 rings (SSSR count). The zero-order valence-electron chi connectivity index (χ0n) is 16.7. The molecule has 0 aliphatic carbocycles. The summed E-state index contributed by atoms with van der Waals surface area (Å²) in [5.41, 5.74) is 3.20. The number of amides is 2. The molecule has 5 nitrogen and oxygen atoms in total. The lowest BCUT2D eigenvalue weighted by Gasteiger charge is -2.17. The number of rotatable bonds is 4. The van der Waals surface area contributed by atoms with Crippen molar-refractivity contribution < 1.29 is 14.3 Å². The SMILES string of the molecule is CCNC(=O)c1ccc2c(c1)OCCc1cc(C(=O)N(C)c3ccccc3Cl)sc1-2. The van der Waals surface area contributed by atoms with Crippen LogP contribution in [0.3, 0.4) is 0 Å². The van der Waals surface area contributed by atoms with Gasteiger partial charge in [-0.2, -0.15) is 0 Å². The molecule has 30 heavy (non-hydrogen) atoms. The molecule has 0 unspecified atom stereocenters. The van der Waals surface area contributed by atoms with Crippen LogP contribution in [0.1, 0.15) is 32.5 Å². The summed E-state index contributed by atoms with van der Waals surface area (Å²) in [5.74, 6) is 0.428. The number of nitrogens with zero attached hydrogens (tertiary/aromatic N) is 1. The number of carbonyl (C=O) groups is 2. The maximum absolute atomic E-state index is 13.1. The number of thiophene rings is 1. The number of hydrogen-bond donors (Lipinski definition) is 1. The van der Waals surface area contributed by atoms with Gasteiger partial charge in [-0.15, -0.1) is 11.3 Å². The van der Waals surface area contributed by atoms with Crippen molar-refractivity contribution in [2.45, 2.75) is 13.3 Å². The smallest absolute Gasteiger partial charge is 0.268 e. The van der Waals surface area contributed by atoms with Crippen molar-refractivity contribution in [2.75, 3.05) is 25.1 Å². The predicted molar refractivity (Wildman–Crippen MR) is 121 cm³/mol. The molecule has 0 fully saturated rings. The maximum atomic E-state index is 13.1. The third kappa shape index (κ3) is 3.80. The second-order valence-electron chi connectivity index (χ2n) is 6.95. The van der Waals surface area contributed by atoms with Gasteiger partial charge in [0, 0.05) is 36.0 Å². The minimum Gasteiger partial charge on any atom is -0.493 e. The molecule has 2 aromatic carbocycles. The summed E-state index contributed by atoms with van der Waals surface area (Å²) >= 11 is 7.70. The van der Waals surface area contributed by atoms with E-state index in [2.05, 4.69) is 5.32 Å². The highest BCUT2D eigenvalue weighted by Crippen LogP contribution is 2.41.